The van der Waals surface area contributed by atoms with Crippen molar-refractivity contribution in [2.75, 3.05) is 18.4 Å². The number of benzene rings is 1. The Kier molecular flexibility index (Phi) is 6.19. The summed E-state index contributed by atoms with van der Waals surface area (Å²) < 4.78 is 59.0. The predicted octanol–water partition coefficient (Wildman–Crippen LogP) is 3.78. The molecular formula is C25H25F4N5O2. The molecule has 3 atom stereocenters. The van der Waals surface area contributed by atoms with Gasteiger partial charge in [-0.3, -0.25) is 14.4 Å². The topological polar surface area (TPSA) is 77.1 Å². The van der Waals surface area contributed by atoms with E-state index < -0.39 is 41.8 Å². The average molecular weight is 504 g/mol. The molecule has 2 aliphatic heterocycles. The molecule has 0 saturated carbocycles. The highest BCUT2D eigenvalue weighted by molar-refractivity contribution is 5.93. The van der Waals surface area contributed by atoms with E-state index in [1.165, 1.54) is 36.7 Å². The van der Waals surface area contributed by atoms with Gasteiger partial charge in [0, 0.05) is 61.9 Å². The molecule has 0 spiro atoms. The van der Waals surface area contributed by atoms with E-state index in [0.29, 0.717) is 34.6 Å². The zero-order valence-corrected chi connectivity index (χ0v) is 19.5. The number of amides is 1. The number of piperidine rings is 1. The second kappa shape index (κ2) is 9.20. The van der Waals surface area contributed by atoms with E-state index in [2.05, 4.69) is 10.4 Å². The number of aryl methyl sites for hydroxylation is 1. The number of alkyl halides is 2. The molecule has 3 aromatic rings. The highest BCUT2D eigenvalue weighted by atomic mass is 19.3. The number of fused-ring (bicyclic) bond motifs is 1. The van der Waals surface area contributed by atoms with Crippen LogP contribution in [0.3, 0.4) is 0 Å². The number of aromatic nitrogens is 3. The molecule has 1 saturated heterocycles. The molecule has 2 aliphatic rings. The van der Waals surface area contributed by atoms with Crippen molar-refractivity contribution in [2.45, 2.75) is 50.1 Å². The van der Waals surface area contributed by atoms with Gasteiger partial charge >= 0.3 is 0 Å². The second-order valence-corrected chi connectivity index (χ2v) is 9.44. The third kappa shape index (κ3) is 4.67. The Morgan fingerprint density at radius 1 is 1.14 bits per heavy atom. The van der Waals surface area contributed by atoms with Crippen LogP contribution in [0.5, 0.6) is 0 Å². The molecule has 1 fully saturated rings. The number of halogens is 4. The van der Waals surface area contributed by atoms with E-state index in [4.69, 9.17) is 0 Å². The Morgan fingerprint density at radius 2 is 1.83 bits per heavy atom. The van der Waals surface area contributed by atoms with Crippen LogP contribution in [0.4, 0.5) is 23.4 Å². The number of likely N-dealkylation sites (tertiary alicyclic amines) is 1. The van der Waals surface area contributed by atoms with Crippen molar-refractivity contribution in [1.82, 2.24) is 14.7 Å². The summed E-state index contributed by atoms with van der Waals surface area (Å²) in [5.74, 6) is -5.77. The molecule has 0 aliphatic carbocycles. The zero-order chi connectivity index (χ0) is 25.6. The number of hydrogen-bond acceptors (Lipinski definition) is 4. The second-order valence-electron chi connectivity index (χ2n) is 9.44. The van der Waals surface area contributed by atoms with Gasteiger partial charge in [0.05, 0.1) is 12.0 Å². The third-order valence-electron chi connectivity index (χ3n) is 7.15. The van der Waals surface area contributed by atoms with Gasteiger partial charge in [0.2, 0.25) is 5.91 Å². The first-order chi connectivity index (χ1) is 17.1. The number of pyridine rings is 1. The summed E-state index contributed by atoms with van der Waals surface area (Å²) in [5.41, 5.74) is 1.58. The molecule has 1 N–H and O–H groups in total. The van der Waals surface area contributed by atoms with E-state index >= 15 is 0 Å². The largest absolute Gasteiger partial charge is 0.619 e. The monoisotopic (exact) mass is 503 g/mol. The molecule has 2 aromatic heterocycles. The third-order valence-corrected chi connectivity index (χ3v) is 7.15. The van der Waals surface area contributed by atoms with Gasteiger partial charge in [-0.1, -0.05) is 0 Å². The van der Waals surface area contributed by atoms with E-state index in [1.54, 1.807) is 22.6 Å². The maximum absolute atomic E-state index is 14.7. The predicted molar refractivity (Wildman–Crippen MR) is 122 cm³/mol. The Morgan fingerprint density at radius 3 is 2.53 bits per heavy atom. The van der Waals surface area contributed by atoms with Gasteiger partial charge in [-0.2, -0.15) is 9.83 Å². The van der Waals surface area contributed by atoms with E-state index in [1.807, 2.05) is 0 Å². The molecule has 1 amide bonds. The van der Waals surface area contributed by atoms with Crippen molar-refractivity contribution >= 4 is 11.7 Å². The normalized spacial score (nSPS) is 22.2. The molecule has 0 bridgehead atoms. The molecule has 36 heavy (non-hydrogen) atoms. The number of anilines is 1. The molecule has 5 rings (SSSR count). The fourth-order valence-corrected chi connectivity index (χ4v) is 5.15. The van der Waals surface area contributed by atoms with Gasteiger partial charge < -0.3 is 10.5 Å². The van der Waals surface area contributed by atoms with Crippen molar-refractivity contribution in [2.24, 2.45) is 0 Å². The van der Waals surface area contributed by atoms with Gasteiger partial charge in [0.15, 0.2) is 18.2 Å². The maximum Gasteiger partial charge on any atom is 0.257 e. The molecule has 190 valence electrons. The smallest absolute Gasteiger partial charge is 0.257 e. The quantitative estimate of drug-likeness (QED) is 0.327. The maximum atomic E-state index is 14.7. The number of rotatable bonds is 5. The summed E-state index contributed by atoms with van der Waals surface area (Å²) in [6.45, 7) is 2.18. The number of nitrogens with one attached hydrogen (secondary N) is 1. The fraction of sp³-hybridized carbons (Fsp3) is 0.400. The minimum Gasteiger partial charge on any atom is -0.619 e. The minimum atomic E-state index is -2.96. The van der Waals surface area contributed by atoms with Crippen molar-refractivity contribution in [3.05, 3.63) is 82.5 Å². The molecule has 0 unspecified atom stereocenters. The Hall–Kier alpha value is -3.47. The standard InChI is InChI=1S/C25H25F4N5O2/c1-15(32-9-5-25(28,29)21(14-32)16-2-6-33(36)7-3-16)24(35)30-23-13-22-20(4-8-34(22)31-23)17-10-18(26)12-19(27)11-17/h2-3,6-7,10-13,15,20-21H,4-5,8-9,14H2,1H3,(H,30,31,35)/t15-,20-,21-/m1/s1. The van der Waals surface area contributed by atoms with Crippen molar-refractivity contribution < 1.29 is 27.1 Å². The van der Waals surface area contributed by atoms with Crippen LogP contribution in [-0.2, 0) is 11.3 Å². The van der Waals surface area contributed by atoms with Crippen LogP contribution >= 0.6 is 0 Å². The van der Waals surface area contributed by atoms with Crippen molar-refractivity contribution in [3.8, 4) is 0 Å². The van der Waals surface area contributed by atoms with Crippen molar-refractivity contribution in [3.63, 3.8) is 0 Å². The van der Waals surface area contributed by atoms with Crippen LogP contribution in [0.1, 0.15) is 48.4 Å². The Balaban J connectivity index is 1.28. The molecule has 4 heterocycles. The Labute approximate surface area is 204 Å². The number of hydrogen-bond donors (Lipinski definition) is 1. The van der Waals surface area contributed by atoms with Crippen LogP contribution in [0.25, 0.3) is 0 Å². The first kappa shape index (κ1) is 24.2. The fourth-order valence-electron chi connectivity index (χ4n) is 5.15. The van der Waals surface area contributed by atoms with Crippen LogP contribution in [-0.4, -0.2) is 45.6 Å². The van der Waals surface area contributed by atoms with Gasteiger partial charge in [-0.25, -0.2) is 17.6 Å². The van der Waals surface area contributed by atoms with Crippen LogP contribution < -0.4 is 10.0 Å². The van der Waals surface area contributed by atoms with E-state index in [9.17, 15) is 27.6 Å². The lowest BCUT2D eigenvalue weighted by molar-refractivity contribution is -0.605. The first-order valence-electron chi connectivity index (χ1n) is 11.8. The van der Waals surface area contributed by atoms with Crippen LogP contribution in [0, 0.1) is 16.8 Å². The molecular weight excluding hydrogens is 478 g/mol. The Bertz CT molecular complexity index is 1260. The SMILES string of the molecule is C[C@H](C(=O)Nc1cc2n(n1)CC[C@@H]2c1cc(F)cc(F)c1)N1CCC(F)(F)[C@@H](c2cc[n+]([O-])cc2)C1. The van der Waals surface area contributed by atoms with Gasteiger partial charge in [-0.15, -0.1) is 0 Å². The first-order valence-corrected chi connectivity index (χ1v) is 11.8. The van der Waals surface area contributed by atoms with Crippen LogP contribution in [0.15, 0.2) is 48.8 Å². The van der Waals surface area contributed by atoms with Gasteiger partial charge in [-0.05, 0) is 36.6 Å². The number of carbonyl (C=O) groups is 1. The summed E-state index contributed by atoms with van der Waals surface area (Å²) in [6.07, 6.45) is 2.59. The lowest BCUT2D eigenvalue weighted by atomic mass is 9.87. The summed E-state index contributed by atoms with van der Waals surface area (Å²) in [7, 11) is 0. The van der Waals surface area contributed by atoms with Crippen LogP contribution in [0.2, 0.25) is 0 Å². The number of carbonyl (C=O) groups excluding carboxylic acids is 1. The average Bonchev–Trinajstić information content (AvgIpc) is 3.39. The molecule has 11 heteroatoms. The summed E-state index contributed by atoms with van der Waals surface area (Å²) >= 11 is 0. The summed E-state index contributed by atoms with van der Waals surface area (Å²) in [5, 5.41) is 18.5. The lowest BCUT2D eigenvalue weighted by Gasteiger charge is -2.40. The minimum absolute atomic E-state index is 0.0410. The number of nitrogens with zero attached hydrogens (tertiary/aromatic N) is 4. The zero-order valence-electron chi connectivity index (χ0n) is 19.5. The van der Waals surface area contributed by atoms with E-state index in [-0.39, 0.29) is 19.0 Å². The van der Waals surface area contributed by atoms with E-state index in [0.717, 1.165) is 11.8 Å². The van der Waals surface area contributed by atoms with Gasteiger partial charge in [0.25, 0.3) is 5.92 Å². The summed E-state index contributed by atoms with van der Waals surface area (Å²) in [6, 6.07) is 7.15. The molecule has 1 aromatic carbocycles. The lowest BCUT2D eigenvalue weighted by Crippen LogP contribution is -2.52. The van der Waals surface area contributed by atoms with Gasteiger partial charge in [0.1, 0.15) is 11.6 Å². The molecule has 7 nitrogen and oxygen atoms in total. The molecule has 0 radical (unpaired) electrons. The highest BCUT2D eigenvalue weighted by Crippen LogP contribution is 2.41. The summed E-state index contributed by atoms with van der Waals surface area (Å²) in [4.78, 5) is 14.7. The van der Waals surface area contributed by atoms with Crippen molar-refractivity contribution in [1.29, 1.82) is 0 Å². The highest BCUT2D eigenvalue weighted by Gasteiger charge is 2.46.